The first kappa shape index (κ1) is 21.3. The van der Waals surface area contributed by atoms with Gasteiger partial charge in [0.05, 0.1) is 24.8 Å². The first-order valence-corrected chi connectivity index (χ1v) is 9.73. The molecule has 1 aliphatic rings. The third-order valence-corrected chi connectivity index (χ3v) is 4.93. The molecule has 0 unspecified atom stereocenters. The highest BCUT2D eigenvalue weighted by Crippen LogP contribution is 2.21. The number of likely N-dealkylation sites (tertiary alicyclic amines) is 1. The van der Waals surface area contributed by atoms with Gasteiger partial charge in [0.25, 0.3) is 5.91 Å². The van der Waals surface area contributed by atoms with Crippen molar-refractivity contribution in [2.75, 3.05) is 13.2 Å². The lowest BCUT2D eigenvalue weighted by Gasteiger charge is -2.17. The van der Waals surface area contributed by atoms with Crippen molar-refractivity contribution >= 4 is 23.6 Å². The average molecular weight is 412 g/mol. The second kappa shape index (κ2) is 9.87. The van der Waals surface area contributed by atoms with E-state index < -0.39 is 30.4 Å². The highest BCUT2D eigenvalue weighted by atomic mass is 16.5. The van der Waals surface area contributed by atoms with E-state index in [-0.39, 0.29) is 31.2 Å². The van der Waals surface area contributed by atoms with Crippen LogP contribution in [-0.4, -0.2) is 47.7 Å². The molecule has 1 fully saturated rings. The third-order valence-electron chi connectivity index (χ3n) is 4.93. The summed E-state index contributed by atoms with van der Waals surface area (Å²) in [5.74, 6) is -1.52. The van der Waals surface area contributed by atoms with E-state index in [1.165, 1.54) is 18.1 Å². The normalized spacial score (nSPS) is 16.9. The number of hydrogen-bond acceptors (Lipinski definition) is 6. The summed E-state index contributed by atoms with van der Waals surface area (Å²) in [6.07, 6.45) is 1.91. The van der Waals surface area contributed by atoms with Gasteiger partial charge in [0.1, 0.15) is 5.76 Å². The number of nitrogens with zero attached hydrogens (tertiary/aromatic N) is 1. The number of Topliss-reactive ketones (excluding diaryl/α,β-unsaturated/α-hetero) is 1. The first-order chi connectivity index (χ1) is 14.4. The number of benzene rings is 1. The quantitative estimate of drug-likeness (QED) is 0.626. The molecule has 0 aliphatic carbocycles. The van der Waals surface area contributed by atoms with Crippen molar-refractivity contribution in [3.63, 3.8) is 0 Å². The van der Waals surface area contributed by atoms with Crippen LogP contribution in [0.5, 0.6) is 0 Å². The Morgan fingerprint density at radius 2 is 1.97 bits per heavy atom. The number of carbonyl (C=O) groups excluding carboxylic acids is 4. The maximum atomic E-state index is 12.3. The van der Waals surface area contributed by atoms with Crippen LogP contribution < -0.4 is 5.32 Å². The fourth-order valence-corrected chi connectivity index (χ4v) is 3.31. The Hall–Kier alpha value is -3.42. The van der Waals surface area contributed by atoms with Crippen LogP contribution in [0.4, 0.5) is 0 Å². The van der Waals surface area contributed by atoms with Crippen molar-refractivity contribution in [1.82, 2.24) is 10.2 Å². The van der Waals surface area contributed by atoms with E-state index in [1.807, 2.05) is 30.3 Å². The van der Waals surface area contributed by atoms with E-state index >= 15 is 0 Å². The molecular weight excluding hydrogens is 388 g/mol. The van der Waals surface area contributed by atoms with Crippen molar-refractivity contribution < 1.29 is 28.3 Å². The zero-order valence-electron chi connectivity index (χ0n) is 16.7. The zero-order chi connectivity index (χ0) is 21.5. The number of nitrogens with one attached hydrogen (secondary N) is 1. The molecule has 3 rings (SSSR count). The standard InChI is InChI=1S/C22H24N2O6/c1-15(25)19(10-16-6-3-2-4-7-16)23-20(26)14-30-22(28)17-11-21(27)24(12-17)13-18-8-5-9-29-18/h2-9,17,19H,10-14H2,1H3,(H,23,26)/t17-,19+/m1/s1. The SMILES string of the molecule is CC(=O)[C@H](Cc1ccccc1)NC(=O)COC(=O)[C@@H]1CC(=O)N(Cc2ccco2)C1. The van der Waals surface area contributed by atoms with Crippen LogP contribution in [0.1, 0.15) is 24.7 Å². The van der Waals surface area contributed by atoms with Gasteiger partial charge in [-0.3, -0.25) is 19.2 Å². The number of rotatable bonds is 9. The predicted molar refractivity (Wildman–Crippen MR) is 106 cm³/mol. The minimum absolute atomic E-state index is 0.0330. The molecular formula is C22H24N2O6. The van der Waals surface area contributed by atoms with E-state index in [1.54, 1.807) is 12.1 Å². The van der Waals surface area contributed by atoms with Gasteiger partial charge in [0.2, 0.25) is 5.91 Å². The van der Waals surface area contributed by atoms with Crippen molar-refractivity contribution in [1.29, 1.82) is 0 Å². The minimum atomic E-state index is -0.699. The fourth-order valence-electron chi connectivity index (χ4n) is 3.31. The van der Waals surface area contributed by atoms with Gasteiger partial charge < -0.3 is 19.4 Å². The molecule has 1 saturated heterocycles. The van der Waals surface area contributed by atoms with Crippen molar-refractivity contribution in [3.05, 3.63) is 60.1 Å². The third kappa shape index (κ3) is 5.79. The summed E-state index contributed by atoms with van der Waals surface area (Å²) < 4.78 is 10.3. The van der Waals surface area contributed by atoms with Gasteiger partial charge in [0, 0.05) is 13.0 Å². The number of ketones is 1. The molecule has 8 nitrogen and oxygen atoms in total. The molecule has 2 aromatic rings. The molecule has 2 atom stereocenters. The topological polar surface area (TPSA) is 106 Å². The van der Waals surface area contributed by atoms with E-state index in [2.05, 4.69) is 5.32 Å². The molecule has 2 heterocycles. The van der Waals surface area contributed by atoms with Crippen LogP contribution in [0.3, 0.4) is 0 Å². The molecule has 158 valence electrons. The first-order valence-electron chi connectivity index (χ1n) is 9.73. The maximum absolute atomic E-state index is 12.3. The molecule has 0 saturated carbocycles. The van der Waals surface area contributed by atoms with Gasteiger partial charge >= 0.3 is 5.97 Å². The summed E-state index contributed by atoms with van der Waals surface area (Å²) in [5, 5.41) is 2.60. The summed E-state index contributed by atoms with van der Waals surface area (Å²) in [6.45, 7) is 1.40. The van der Waals surface area contributed by atoms with Gasteiger partial charge in [-0.25, -0.2) is 0 Å². The number of carbonyl (C=O) groups is 4. The lowest BCUT2D eigenvalue weighted by Crippen LogP contribution is -2.43. The van der Waals surface area contributed by atoms with Crippen molar-refractivity contribution in [2.24, 2.45) is 5.92 Å². The number of ether oxygens (including phenoxy) is 1. The molecule has 1 aliphatic heterocycles. The maximum Gasteiger partial charge on any atom is 0.311 e. The number of furan rings is 1. The van der Waals surface area contributed by atoms with Gasteiger partial charge in [-0.2, -0.15) is 0 Å². The molecule has 0 spiro atoms. The van der Waals surface area contributed by atoms with Gasteiger partial charge in [0.15, 0.2) is 12.4 Å². The van der Waals surface area contributed by atoms with E-state index in [0.29, 0.717) is 12.2 Å². The summed E-state index contributed by atoms with van der Waals surface area (Å²) in [7, 11) is 0. The molecule has 1 N–H and O–H groups in total. The van der Waals surface area contributed by atoms with Crippen LogP contribution in [-0.2, 0) is 36.9 Å². The Morgan fingerprint density at radius 3 is 2.63 bits per heavy atom. The van der Waals surface area contributed by atoms with E-state index in [0.717, 1.165) is 5.56 Å². The Labute approximate surface area is 174 Å². The van der Waals surface area contributed by atoms with E-state index in [4.69, 9.17) is 9.15 Å². The number of esters is 1. The molecule has 1 aromatic heterocycles. The number of hydrogen-bond donors (Lipinski definition) is 1. The van der Waals surface area contributed by atoms with Crippen LogP contribution in [0, 0.1) is 5.92 Å². The average Bonchev–Trinajstić information content (AvgIpc) is 3.37. The Morgan fingerprint density at radius 1 is 1.20 bits per heavy atom. The molecule has 30 heavy (non-hydrogen) atoms. The molecule has 0 bridgehead atoms. The fraction of sp³-hybridized carbons (Fsp3) is 0.364. The van der Waals surface area contributed by atoms with Gasteiger partial charge in [-0.15, -0.1) is 0 Å². The lowest BCUT2D eigenvalue weighted by atomic mass is 10.0. The smallest absolute Gasteiger partial charge is 0.311 e. The molecule has 1 aromatic carbocycles. The van der Waals surface area contributed by atoms with E-state index in [9.17, 15) is 19.2 Å². The lowest BCUT2D eigenvalue weighted by molar-refractivity contribution is -0.152. The predicted octanol–water partition coefficient (Wildman–Crippen LogP) is 1.49. The number of amides is 2. The van der Waals surface area contributed by atoms with Gasteiger partial charge in [-0.05, 0) is 31.0 Å². The highest BCUT2D eigenvalue weighted by Gasteiger charge is 2.36. The summed E-state index contributed by atoms with van der Waals surface area (Å²) >= 11 is 0. The van der Waals surface area contributed by atoms with Crippen molar-refractivity contribution in [3.8, 4) is 0 Å². The van der Waals surface area contributed by atoms with Crippen LogP contribution in [0.15, 0.2) is 53.1 Å². The second-order valence-electron chi connectivity index (χ2n) is 7.28. The Bertz CT molecular complexity index is 894. The summed E-state index contributed by atoms with van der Waals surface area (Å²) in [6, 6.07) is 12.1. The van der Waals surface area contributed by atoms with Crippen LogP contribution in [0.2, 0.25) is 0 Å². The molecule has 0 radical (unpaired) electrons. The minimum Gasteiger partial charge on any atom is -0.467 e. The molecule has 2 amide bonds. The Balaban J connectivity index is 1.46. The zero-order valence-corrected chi connectivity index (χ0v) is 16.7. The summed E-state index contributed by atoms with van der Waals surface area (Å²) in [5.41, 5.74) is 0.913. The van der Waals surface area contributed by atoms with Crippen LogP contribution in [0.25, 0.3) is 0 Å². The second-order valence-corrected chi connectivity index (χ2v) is 7.28. The van der Waals surface area contributed by atoms with Gasteiger partial charge in [-0.1, -0.05) is 30.3 Å². The monoisotopic (exact) mass is 412 g/mol. The summed E-state index contributed by atoms with van der Waals surface area (Å²) in [4.78, 5) is 50.0. The Kier molecular flexibility index (Phi) is 7.00. The largest absolute Gasteiger partial charge is 0.467 e. The molecule has 8 heteroatoms. The van der Waals surface area contributed by atoms with Crippen LogP contribution >= 0.6 is 0 Å². The highest BCUT2D eigenvalue weighted by molar-refractivity contribution is 5.90. The van der Waals surface area contributed by atoms with Crippen molar-refractivity contribution in [2.45, 2.75) is 32.4 Å².